The fourth-order valence-electron chi connectivity index (χ4n) is 2.58. The van der Waals surface area contributed by atoms with Gasteiger partial charge in [-0.2, -0.15) is 5.10 Å². The van der Waals surface area contributed by atoms with E-state index in [0.29, 0.717) is 17.3 Å². The third kappa shape index (κ3) is 2.91. The van der Waals surface area contributed by atoms with Crippen molar-refractivity contribution >= 4 is 28.3 Å². The highest BCUT2D eigenvalue weighted by Crippen LogP contribution is 2.27. The Morgan fingerprint density at radius 3 is 2.88 bits per heavy atom. The van der Waals surface area contributed by atoms with E-state index in [0.717, 1.165) is 16.5 Å². The molecule has 2 heterocycles. The molecule has 0 saturated heterocycles. The molecule has 0 radical (unpaired) electrons. The second-order valence-corrected chi connectivity index (χ2v) is 5.66. The largest absolute Gasteiger partial charge is 0.508 e. The summed E-state index contributed by atoms with van der Waals surface area (Å²) in [5, 5.41) is 17.0. The maximum Gasteiger partial charge on any atom is 0.305 e. The first-order valence-electron chi connectivity index (χ1n) is 7.79. The van der Waals surface area contributed by atoms with E-state index < -0.39 is 5.91 Å². The monoisotopic (exact) mass is 349 g/mol. The maximum atomic E-state index is 12.2. The number of aromatic amines is 1. The molecule has 6 N–H and O–H groups in total. The first kappa shape index (κ1) is 15.6. The number of fused-ring (bicyclic) bond motifs is 1. The minimum Gasteiger partial charge on any atom is -0.508 e. The van der Waals surface area contributed by atoms with E-state index in [1.807, 2.05) is 18.2 Å². The molecule has 0 unspecified atom stereocenters. The van der Waals surface area contributed by atoms with Gasteiger partial charge < -0.3 is 15.3 Å². The number of carbonyl (C=O) groups excluding carboxylic acids is 1. The SMILES string of the molecule is Nc1n[nH]c2ccc(-c3ccc(C(=O)NNc4cccc(O)c4)o3)cc12. The van der Waals surface area contributed by atoms with Crippen LogP contribution in [0.15, 0.2) is 59.0 Å². The summed E-state index contributed by atoms with van der Waals surface area (Å²) in [4.78, 5) is 12.2. The minimum absolute atomic E-state index is 0.0958. The van der Waals surface area contributed by atoms with E-state index in [4.69, 9.17) is 10.2 Å². The Morgan fingerprint density at radius 1 is 1.15 bits per heavy atom. The molecule has 1 amide bonds. The van der Waals surface area contributed by atoms with E-state index in [-0.39, 0.29) is 11.5 Å². The predicted octanol–water partition coefficient (Wildman–Crippen LogP) is 2.87. The molecule has 8 heteroatoms. The number of phenols is 1. The molecule has 4 aromatic rings. The smallest absolute Gasteiger partial charge is 0.305 e. The zero-order valence-corrected chi connectivity index (χ0v) is 13.5. The number of hydrogen-bond acceptors (Lipinski definition) is 6. The maximum absolute atomic E-state index is 12.2. The molecule has 2 aromatic carbocycles. The fraction of sp³-hybridized carbons (Fsp3) is 0. The number of nitrogens with two attached hydrogens (primary N) is 1. The second kappa shape index (κ2) is 6.17. The Hall–Kier alpha value is -3.94. The lowest BCUT2D eigenvalue weighted by Gasteiger charge is -2.07. The molecule has 0 atom stereocenters. The summed E-state index contributed by atoms with van der Waals surface area (Å²) in [6.45, 7) is 0. The number of anilines is 2. The number of phenolic OH excluding ortho intramolecular Hbond substituents is 1. The highest BCUT2D eigenvalue weighted by molar-refractivity contribution is 5.94. The van der Waals surface area contributed by atoms with Crippen LogP contribution in [0.5, 0.6) is 5.75 Å². The third-order valence-electron chi connectivity index (χ3n) is 3.87. The molecular weight excluding hydrogens is 334 g/mol. The first-order chi connectivity index (χ1) is 12.6. The number of rotatable bonds is 4. The van der Waals surface area contributed by atoms with Gasteiger partial charge in [0, 0.05) is 17.0 Å². The van der Waals surface area contributed by atoms with Crippen molar-refractivity contribution in [2.45, 2.75) is 0 Å². The molecule has 8 nitrogen and oxygen atoms in total. The average molecular weight is 349 g/mol. The summed E-state index contributed by atoms with van der Waals surface area (Å²) < 4.78 is 5.64. The first-order valence-corrected chi connectivity index (χ1v) is 7.79. The lowest BCUT2D eigenvalue weighted by molar-refractivity contribution is 0.0936. The number of aromatic hydroxyl groups is 1. The van der Waals surface area contributed by atoms with Crippen LogP contribution in [-0.4, -0.2) is 21.2 Å². The molecule has 130 valence electrons. The van der Waals surface area contributed by atoms with Gasteiger partial charge in [0.1, 0.15) is 11.5 Å². The number of amides is 1. The number of nitrogen functional groups attached to an aromatic ring is 1. The van der Waals surface area contributed by atoms with Crippen molar-refractivity contribution in [3.05, 3.63) is 60.4 Å². The van der Waals surface area contributed by atoms with Crippen molar-refractivity contribution in [3.63, 3.8) is 0 Å². The molecule has 2 aromatic heterocycles. The highest BCUT2D eigenvalue weighted by atomic mass is 16.4. The second-order valence-electron chi connectivity index (χ2n) is 5.66. The van der Waals surface area contributed by atoms with Gasteiger partial charge in [-0.15, -0.1) is 0 Å². The Balaban J connectivity index is 1.51. The number of furan rings is 1. The van der Waals surface area contributed by atoms with Crippen LogP contribution < -0.4 is 16.6 Å². The molecule has 0 spiro atoms. The number of carbonyl (C=O) groups is 1. The van der Waals surface area contributed by atoms with Gasteiger partial charge in [-0.25, -0.2) is 0 Å². The van der Waals surface area contributed by atoms with Gasteiger partial charge >= 0.3 is 5.91 Å². The number of H-pyrrole nitrogens is 1. The molecule has 0 bridgehead atoms. The van der Waals surface area contributed by atoms with Crippen LogP contribution in [0.25, 0.3) is 22.2 Å². The molecule has 0 fully saturated rings. The molecule has 0 saturated carbocycles. The van der Waals surface area contributed by atoms with Crippen molar-refractivity contribution in [2.75, 3.05) is 11.2 Å². The van der Waals surface area contributed by atoms with Gasteiger partial charge in [-0.1, -0.05) is 6.07 Å². The van der Waals surface area contributed by atoms with Crippen LogP contribution in [0.1, 0.15) is 10.6 Å². The molecular formula is C18H15N5O3. The molecule has 0 aliphatic carbocycles. The van der Waals surface area contributed by atoms with Crippen molar-refractivity contribution < 1.29 is 14.3 Å². The number of aromatic nitrogens is 2. The summed E-state index contributed by atoms with van der Waals surface area (Å²) in [5.41, 5.74) is 13.2. The molecule has 0 aliphatic heterocycles. The van der Waals surface area contributed by atoms with E-state index in [2.05, 4.69) is 21.0 Å². The van der Waals surface area contributed by atoms with Crippen LogP contribution in [0.2, 0.25) is 0 Å². The molecule has 0 aliphatic rings. The van der Waals surface area contributed by atoms with Gasteiger partial charge in [0.05, 0.1) is 11.2 Å². The lowest BCUT2D eigenvalue weighted by atomic mass is 10.1. The number of hydrazine groups is 1. The number of nitrogens with zero attached hydrogens (tertiary/aromatic N) is 1. The Kier molecular flexibility index (Phi) is 3.70. The number of nitrogens with one attached hydrogen (secondary N) is 3. The van der Waals surface area contributed by atoms with Gasteiger partial charge in [0.25, 0.3) is 0 Å². The van der Waals surface area contributed by atoms with Crippen molar-refractivity contribution in [1.29, 1.82) is 0 Å². The van der Waals surface area contributed by atoms with E-state index >= 15 is 0 Å². The van der Waals surface area contributed by atoms with Crippen molar-refractivity contribution in [1.82, 2.24) is 15.6 Å². The standard InChI is InChI=1S/C18H15N5O3/c19-17-13-8-10(4-5-14(13)21-22-17)15-6-7-16(26-15)18(25)23-20-11-2-1-3-12(24)9-11/h1-9,20,24H,(H,23,25)(H3,19,21,22). The van der Waals surface area contributed by atoms with Gasteiger partial charge in [0.2, 0.25) is 0 Å². The zero-order chi connectivity index (χ0) is 18.1. The number of benzene rings is 2. The average Bonchev–Trinajstić information content (AvgIpc) is 3.27. The topological polar surface area (TPSA) is 129 Å². The highest BCUT2D eigenvalue weighted by Gasteiger charge is 2.13. The minimum atomic E-state index is -0.441. The number of hydrogen-bond donors (Lipinski definition) is 5. The van der Waals surface area contributed by atoms with E-state index in [1.165, 1.54) is 12.1 Å². The normalized spacial score (nSPS) is 10.8. The van der Waals surface area contributed by atoms with Gasteiger partial charge in [0.15, 0.2) is 11.6 Å². The third-order valence-corrected chi connectivity index (χ3v) is 3.87. The Bertz CT molecular complexity index is 1100. The molecule has 4 rings (SSSR count). The van der Waals surface area contributed by atoms with Gasteiger partial charge in [-0.05, 0) is 42.5 Å². The van der Waals surface area contributed by atoms with Gasteiger partial charge in [-0.3, -0.25) is 20.7 Å². The summed E-state index contributed by atoms with van der Waals surface area (Å²) in [6.07, 6.45) is 0. The van der Waals surface area contributed by atoms with Crippen LogP contribution in [0.3, 0.4) is 0 Å². The van der Waals surface area contributed by atoms with Crippen LogP contribution in [0, 0.1) is 0 Å². The molecule has 26 heavy (non-hydrogen) atoms. The fourth-order valence-corrected chi connectivity index (χ4v) is 2.58. The summed E-state index contributed by atoms with van der Waals surface area (Å²) in [6, 6.07) is 15.2. The summed E-state index contributed by atoms with van der Waals surface area (Å²) >= 11 is 0. The summed E-state index contributed by atoms with van der Waals surface area (Å²) in [5.74, 6) is 0.742. The quantitative estimate of drug-likeness (QED) is 0.360. The lowest BCUT2D eigenvalue weighted by Crippen LogP contribution is -2.28. The van der Waals surface area contributed by atoms with Crippen LogP contribution in [-0.2, 0) is 0 Å². The Morgan fingerprint density at radius 2 is 2.04 bits per heavy atom. The van der Waals surface area contributed by atoms with Crippen molar-refractivity contribution in [2.24, 2.45) is 0 Å². The van der Waals surface area contributed by atoms with E-state index in [1.54, 1.807) is 24.3 Å². The van der Waals surface area contributed by atoms with Crippen LogP contribution >= 0.6 is 0 Å². The zero-order valence-electron chi connectivity index (χ0n) is 13.5. The Labute approximate surface area is 147 Å². The summed E-state index contributed by atoms with van der Waals surface area (Å²) in [7, 11) is 0. The van der Waals surface area contributed by atoms with Crippen molar-refractivity contribution in [3.8, 4) is 17.1 Å². The van der Waals surface area contributed by atoms with E-state index in [9.17, 15) is 9.90 Å². The van der Waals surface area contributed by atoms with Crippen LogP contribution in [0.4, 0.5) is 11.5 Å². The predicted molar refractivity (Wildman–Crippen MR) is 97.4 cm³/mol.